The first-order valence-corrected chi connectivity index (χ1v) is 5.97. The molecule has 0 saturated carbocycles. The molecule has 0 radical (unpaired) electrons. The minimum Gasteiger partial charge on any atom is -0.349 e. The van der Waals surface area contributed by atoms with E-state index in [-0.39, 0.29) is 0 Å². The van der Waals surface area contributed by atoms with Gasteiger partial charge in [-0.05, 0) is 37.9 Å². The SMILES string of the molecule is COC(CCCN)(OC)c1ccc(C)c(C)c1. The van der Waals surface area contributed by atoms with Crippen LogP contribution in [0.4, 0.5) is 0 Å². The predicted molar refractivity (Wildman–Crippen MR) is 69.9 cm³/mol. The van der Waals surface area contributed by atoms with Gasteiger partial charge in [0.15, 0.2) is 5.79 Å². The number of rotatable bonds is 6. The molecule has 0 fully saturated rings. The molecular formula is C14H23NO2. The highest BCUT2D eigenvalue weighted by Crippen LogP contribution is 2.32. The van der Waals surface area contributed by atoms with Crippen LogP contribution in [0.1, 0.15) is 29.5 Å². The lowest BCUT2D eigenvalue weighted by molar-refractivity contribution is -0.220. The van der Waals surface area contributed by atoms with Crippen LogP contribution in [0.25, 0.3) is 0 Å². The Bertz CT molecular complexity index is 359. The second-order valence-corrected chi connectivity index (χ2v) is 4.35. The molecule has 96 valence electrons. The summed E-state index contributed by atoms with van der Waals surface area (Å²) in [5, 5.41) is 0. The van der Waals surface area contributed by atoms with Crippen molar-refractivity contribution >= 4 is 0 Å². The van der Waals surface area contributed by atoms with E-state index in [2.05, 4.69) is 32.0 Å². The van der Waals surface area contributed by atoms with Gasteiger partial charge in [0.1, 0.15) is 0 Å². The van der Waals surface area contributed by atoms with Crippen LogP contribution in [-0.2, 0) is 15.3 Å². The molecule has 0 aliphatic heterocycles. The van der Waals surface area contributed by atoms with Crippen LogP contribution in [0.3, 0.4) is 0 Å². The molecular weight excluding hydrogens is 214 g/mol. The van der Waals surface area contributed by atoms with Crippen molar-refractivity contribution in [2.75, 3.05) is 20.8 Å². The number of hydrogen-bond donors (Lipinski definition) is 1. The van der Waals surface area contributed by atoms with Gasteiger partial charge in [0.05, 0.1) is 0 Å². The van der Waals surface area contributed by atoms with Gasteiger partial charge < -0.3 is 15.2 Å². The van der Waals surface area contributed by atoms with Crippen LogP contribution >= 0.6 is 0 Å². The lowest BCUT2D eigenvalue weighted by Crippen LogP contribution is -2.31. The van der Waals surface area contributed by atoms with E-state index in [1.165, 1.54) is 11.1 Å². The summed E-state index contributed by atoms with van der Waals surface area (Å²) in [6.07, 6.45) is 1.63. The van der Waals surface area contributed by atoms with Crippen LogP contribution in [-0.4, -0.2) is 20.8 Å². The van der Waals surface area contributed by atoms with Gasteiger partial charge in [0.25, 0.3) is 0 Å². The summed E-state index contributed by atoms with van der Waals surface area (Å²) in [4.78, 5) is 0. The molecule has 0 aromatic heterocycles. The minimum atomic E-state index is -0.669. The standard InChI is InChI=1S/C14H23NO2/c1-11-6-7-13(10-12(11)2)14(16-3,17-4)8-5-9-15/h6-7,10H,5,8-9,15H2,1-4H3. The van der Waals surface area contributed by atoms with Crippen molar-refractivity contribution in [1.82, 2.24) is 0 Å². The third-order valence-electron chi connectivity index (χ3n) is 3.32. The molecule has 2 N–H and O–H groups in total. The zero-order valence-corrected chi connectivity index (χ0v) is 11.2. The molecule has 1 aromatic carbocycles. The quantitative estimate of drug-likeness (QED) is 0.773. The summed E-state index contributed by atoms with van der Waals surface area (Å²) in [7, 11) is 3.35. The van der Waals surface area contributed by atoms with E-state index < -0.39 is 5.79 Å². The van der Waals surface area contributed by atoms with Gasteiger partial charge in [-0.3, -0.25) is 0 Å². The van der Waals surface area contributed by atoms with Crippen molar-refractivity contribution in [3.63, 3.8) is 0 Å². The number of hydrogen-bond acceptors (Lipinski definition) is 3. The third kappa shape index (κ3) is 3.06. The number of aryl methyl sites for hydroxylation is 2. The van der Waals surface area contributed by atoms with Crippen LogP contribution in [0.5, 0.6) is 0 Å². The summed E-state index contributed by atoms with van der Waals surface area (Å²) >= 11 is 0. The highest BCUT2D eigenvalue weighted by Gasteiger charge is 2.31. The van der Waals surface area contributed by atoms with Gasteiger partial charge in [0.2, 0.25) is 0 Å². The molecule has 0 saturated heterocycles. The maximum atomic E-state index is 5.59. The minimum absolute atomic E-state index is 0.638. The maximum Gasteiger partial charge on any atom is 0.194 e. The normalized spacial score (nSPS) is 11.8. The van der Waals surface area contributed by atoms with E-state index in [0.29, 0.717) is 6.54 Å². The van der Waals surface area contributed by atoms with E-state index in [9.17, 15) is 0 Å². The second-order valence-electron chi connectivity index (χ2n) is 4.35. The van der Waals surface area contributed by atoms with Crippen LogP contribution < -0.4 is 5.73 Å². The van der Waals surface area contributed by atoms with Gasteiger partial charge in [-0.25, -0.2) is 0 Å². The number of methoxy groups -OCH3 is 2. The van der Waals surface area contributed by atoms with Crippen molar-refractivity contribution < 1.29 is 9.47 Å². The van der Waals surface area contributed by atoms with Crippen LogP contribution in [0.2, 0.25) is 0 Å². The Labute approximate surface area is 104 Å². The van der Waals surface area contributed by atoms with Gasteiger partial charge >= 0.3 is 0 Å². The average Bonchev–Trinajstić information content (AvgIpc) is 2.35. The topological polar surface area (TPSA) is 44.5 Å². The van der Waals surface area contributed by atoms with Crippen molar-refractivity contribution in [1.29, 1.82) is 0 Å². The van der Waals surface area contributed by atoms with Crippen LogP contribution in [0.15, 0.2) is 18.2 Å². The average molecular weight is 237 g/mol. The highest BCUT2D eigenvalue weighted by atomic mass is 16.7. The fourth-order valence-corrected chi connectivity index (χ4v) is 1.98. The molecule has 0 aliphatic rings. The lowest BCUT2D eigenvalue weighted by atomic mass is 9.96. The Morgan fingerprint density at radius 3 is 2.24 bits per heavy atom. The molecule has 0 spiro atoms. The molecule has 0 bridgehead atoms. The zero-order valence-electron chi connectivity index (χ0n) is 11.2. The molecule has 0 atom stereocenters. The lowest BCUT2D eigenvalue weighted by Gasteiger charge is -2.31. The second kappa shape index (κ2) is 6.15. The summed E-state index contributed by atoms with van der Waals surface area (Å²) in [6, 6.07) is 6.28. The monoisotopic (exact) mass is 237 g/mol. The molecule has 1 rings (SSSR count). The van der Waals surface area contributed by atoms with Gasteiger partial charge in [-0.1, -0.05) is 18.2 Å². The smallest absolute Gasteiger partial charge is 0.194 e. The third-order valence-corrected chi connectivity index (χ3v) is 3.32. The van der Waals surface area contributed by atoms with E-state index in [0.717, 1.165) is 18.4 Å². The first kappa shape index (κ1) is 14.2. The Morgan fingerprint density at radius 1 is 1.12 bits per heavy atom. The van der Waals surface area contributed by atoms with Crippen molar-refractivity contribution in [2.45, 2.75) is 32.5 Å². The first-order valence-electron chi connectivity index (χ1n) is 5.97. The van der Waals surface area contributed by atoms with Crippen molar-refractivity contribution in [2.24, 2.45) is 5.73 Å². The summed E-state index contributed by atoms with van der Waals surface area (Å²) in [5.74, 6) is -0.669. The van der Waals surface area contributed by atoms with E-state index in [1.807, 2.05) is 0 Å². The predicted octanol–water partition coefficient (Wildman–Crippen LogP) is 2.49. The summed E-state index contributed by atoms with van der Waals surface area (Å²) < 4.78 is 11.2. The molecule has 3 heteroatoms. The maximum absolute atomic E-state index is 5.59. The summed E-state index contributed by atoms with van der Waals surface area (Å²) in [6.45, 7) is 4.83. The van der Waals surface area contributed by atoms with Crippen molar-refractivity contribution in [3.05, 3.63) is 34.9 Å². The Morgan fingerprint density at radius 2 is 1.76 bits per heavy atom. The first-order chi connectivity index (χ1) is 8.09. The molecule has 0 unspecified atom stereocenters. The molecule has 17 heavy (non-hydrogen) atoms. The van der Waals surface area contributed by atoms with Gasteiger partial charge in [-0.15, -0.1) is 0 Å². The fourth-order valence-electron chi connectivity index (χ4n) is 1.98. The largest absolute Gasteiger partial charge is 0.349 e. The number of benzene rings is 1. The molecule has 0 amide bonds. The molecule has 0 heterocycles. The van der Waals surface area contributed by atoms with E-state index >= 15 is 0 Å². The van der Waals surface area contributed by atoms with E-state index in [1.54, 1.807) is 14.2 Å². The highest BCUT2D eigenvalue weighted by molar-refractivity contribution is 5.32. The fraction of sp³-hybridized carbons (Fsp3) is 0.571. The van der Waals surface area contributed by atoms with Crippen molar-refractivity contribution in [3.8, 4) is 0 Å². The van der Waals surface area contributed by atoms with Crippen LogP contribution in [0, 0.1) is 13.8 Å². The number of nitrogens with two attached hydrogens (primary N) is 1. The molecule has 0 aliphatic carbocycles. The van der Waals surface area contributed by atoms with Gasteiger partial charge in [0, 0.05) is 26.2 Å². The Kier molecular flexibility index (Phi) is 5.12. The van der Waals surface area contributed by atoms with Gasteiger partial charge in [-0.2, -0.15) is 0 Å². The zero-order chi connectivity index (χ0) is 12.9. The van der Waals surface area contributed by atoms with E-state index in [4.69, 9.17) is 15.2 Å². The number of ether oxygens (including phenoxy) is 2. The Balaban J connectivity index is 3.07. The molecule has 1 aromatic rings. The summed E-state index contributed by atoms with van der Waals surface area (Å²) in [5.41, 5.74) is 9.14. The Hall–Kier alpha value is -0.900. The molecule has 3 nitrogen and oxygen atoms in total.